The van der Waals surface area contributed by atoms with Crippen molar-refractivity contribution in [1.29, 1.82) is 5.26 Å². The summed E-state index contributed by atoms with van der Waals surface area (Å²) < 4.78 is 0. The van der Waals surface area contributed by atoms with Crippen LogP contribution < -0.4 is 0 Å². The Kier molecular flexibility index (Phi) is 2.41. The molecular weight excluding hydrogens is 178 g/mol. The van der Waals surface area contributed by atoms with Crippen molar-refractivity contribution in [2.24, 2.45) is 0 Å². The first kappa shape index (κ1) is 8.69. The van der Waals surface area contributed by atoms with Gasteiger partial charge in [0, 0.05) is 10.6 Å². The first-order valence-electron chi connectivity index (χ1n) is 3.23. The molecule has 0 atom stereocenters. The van der Waals surface area contributed by atoms with Gasteiger partial charge in [-0.3, -0.25) is 0 Å². The maximum atomic E-state index is 9.22. The fraction of sp³-hybridized carbons (Fsp3) is 0.125. The minimum atomic E-state index is -0.316. The fourth-order valence-electron chi connectivity index (χ4n) is 0.847. The maximum Gasteiger partial charge on any atom is 0.163 e. The van der Waals surface area contributed by atoms with Crippen LogP contribution in [0.5, 0.6) is 11.5 Å². The van der Waals surface area contributed by atoms with Crippen molar-refractivity contribution >= 4 is 11.6 Å². The van der Waals surface area contributed by atoms with Crippen LogP contribution >= 0.6 is 11.6 Å². The fourth-order valence-corrected chi connectivity index (χ4v) is 1.07. The minimum absolute atomic E-state index is 0.0148. The van der Waals surface area contributed by atoms with E-state index < -0.39 is 0 Å². The number of phenols is 2. The average Bonchev–Trinajstić information content (AvgIpc) is 2.06. The molecule has 0 aliphatic rings. The topological polar surface area (TPSA) is 64.2 Å². The second kappa shape index (κ2) is 3.33. The van der Waals surface area contributed by atoms with Gasteiger partial charge in [-0.15, -0.1) is 0 Å². The van der Waals surface area contributed by atoms with Crippen LogP contribution in [0.25, 0.3) is 0 Å². The molecule has 0 saturated carbocycles. The van der Waals surface area contributed by atoms with Crippen LogP contribution in [0, 0.1) is 11.3 Å². The Morgan fingerprint density at radius 1 is 1.42 bits per heavy atom. The van der Waals surface area contributed by atoms with Crippen LogP contribution in [0.3, 0.4) is 0 Å². The summed E-state index contributed by atoms with van der Waals surface area (Å²) in [7, 11) is 0. The summed E-state index contributed by atoms with van der Waals surface area (Å²) in [4.78, 5) is 0. The molecule has 0 fully saturated rings. The number of benzene rings is 1. The molecule has 1 aromatic rings. The van der Waals surface area contributed by atoms with E-state index in [0.717, 1.165) is 0 Å². The van der Waals surface area contributed by atoms with Crippen molar-refractivity contribution in [3.8, 4) is 17.6 Å². The zero-order valence-corrected chi connectivity index (χ0v) is 6.84. The van der Waals surface area contributed by atoms with Crippen molar-refractivity contribution < 1.29 is 10.2 Å². The van der Waals surface area contributed by atoms with Gasteiger partial charge < -0.3 is 10.2 Å². The van der Waals surface area contributed by atoms with E-state index in [0.29, 0.717) is 0 Å². The number of aromatic hydroxyl groups is 2. The molecule has 0 saturated heterocycles. The number of nitrogens with zero attached hydrogens (tertiary/aromatic N) is 1. The van der Waals surface area contributed by atoms with Crippen LogP contribution in [-0.2, 0) is 6.42 Å². The molecule has 1 aromatic carbocycles. The third kappa shape index (κ3) is 1.44. The molecule has 0 spiro atoms. The highest BCUT2D eigenvalue weighted by Crippen LogP contribution is 2.33. The molecule has 62 valence electrons. The van der Waals surface area contributed by atoms with E-state index in [1.54, 1.807) is 0 Å². The van der Waals surface area contributed by atoms with Gasteiger partial charge in [-0.25, -0.2) is 0 Å². The molecule has 2 N–H and O–H groups in total. The zero-order chi connectivity index (χ0) is 9.14. The standard InChI is InChI=1S/C8H6ClNO2/c9-6-1-2-7(11)8(12)5(6)3-4-10/h1-2,11-12H,3H2. The summed E-state index contributed by atoms with van der Waals surface area (Å²) in [6.45, 7) is 0. The second-order valence-electron chi connectivity index (χ2n) is 2.23. The third-order valence-corrected chi connectivity index (χ3v) is 1.81. The number of hydrogen-bond acceptors (Lipinski definition) is 3. The molecule has 0 aromatic heterocycles. The van der Waals surface area contributed by atoms with E-state index in [2.05, 4.69) is 0 Å². The Hall–Kier alpha value is -1.40. The van der Waals surface area contributed by atoms with Gasteiger partial charge in [-0.05, 0) is 12.1 Å². The molecular formula is C8H6ClNO2. The second-order valence-corrected chi connectivity index (χ2v) is 2.64. The first-order valence-corrected chi connectivity index (χ1v) is 3.61. The smallest absolute Gasteiger partial charge is 0.163 e. The van der Waals surface area contributed by atoms with Crippen molar-refractivity contribution in [3.63, 3.8) is 0 Å². The van der Waals surface area contributed by atoms with Crippen LogP contribution in [0.4, 0.5) is 0 Å². The Balaban J connectivity index is 3.25. The Labute approximate surface area is 74.4 Å². The molecule has 12 heavy (non-hydrogen) atoms. The number of phenolic OH excluding ortho intramolecular Hbond substituents is 2. The molecule has 3 nitrogen and oxygen atoms in total. The largest absolute Gasteiger partial charge is 0.504 e. The van der Waals surface area contributed by atoms with Crippen LogP contribution in [0.15, 0.2) is 12.1 Å². The number of rotatable bonds is 1. The van der Waals surface area contributed by atoms with Gasteiger partial charge in [0.05, 0.1) is 12.5 Å². The molecule has 0 aliphatic heterocycles. The van der Waals surface area contributed by atoms with Gasteiger partial charge >= 0.3 is 0 Å². The summed E-state index contributed by atoms with van der Waals surface area (Å²) in [6.07, 6.45) is -0.0148. The number of halogens is 1. The zero-order valence-electron chi connectivity index (χ0n) is 6.08. The highest BCUT2D eigenvalue weighted by atomic mass is 35.5. The monoisotopic (exact) mass is 183 g/mol. The Bertz CT molecular complexity index is 344. The van der Waals surface area contributed by atoms with Crippen molar-refractivity contribution in [2.75, 3.05) is 0 Å². The predicted octanol–water partition coefficient (Wildman–Crippen LogP) is 1.82. The summed E-state index contributed by atoms with van der Waals surface area (Å²) in [5.74, 6) is -0.575. The third-order valence-electron chi connectivity index (χ3n) is 1.46. The molecule has 4 heteroatoms. The van der Waals surface area contributed by atoms with E-state index in [-0.39, 0.29) is 28.5 Å². The van der Waals surface area contributed by atoms with E-state index >= 15 is 0 Å². The van der Waals surface area contributed by atoms with Gasteiger partial charge in [0.25, 0.3) is 0 Å². The quantitative estimate of drug-likeness (QED) is 0.653. The van der Waals surface area contributed by atoms with E-state index in [1.807, 2.05) is 6.07 Å². The van der Waals surface area contributed by atoms with Gasteiger partial charge in [0.1, 0.15) is 0 Å². The van der Waals surface area contributed by atoms with Crippen molar-refractivity contribution in [1.82, 2.24) is 0 Å². The summed E-state index contributed by atoms with van der Waals surface area (Å²) in [5.41, 5.74) is 0.263. The molecule has 0 unspecified atom stereocenters. The van der Waals surface area contributed by atoms with Gasteiger partial charge in [0.15, 0.2) is 11.5 Å². The molecule has 0 bridgehead atoms. The highest BCUT2D eigenvalue weighted by Gasteiger charge is 2.09. The summed E-state index contributed by atoms with van der Waals surface area (Å²) in [6, 6.07) is 4.55. The summed E-state index contributed by atoms with van der Waals surface area (Å²) >= 11 is 5.66. The van der Waals surface area contributed by atoms with E-state index in [9.17, 15) is 5.11 Å². The first-order chi connectivity index (χ1) is 5.66. The highest BCUT2D eigenvalue weighted by molar-refractivity contribution is 6.31. The normalized spacial score (nSPS) is 9.33. The van der Waals surface area contributed by atoms with Gasteiger partial charge in [-0.2, -0.15) is 5.26 Å². The summed E-state index contributed by atoms with van der Waals surface area (Å²) in [5, 5.41) is 26.9. The number of hydrogen-bond donors (Lipinski definition) is 2. The SMILES string of the molecule is N#CCc1c(Cl)ccc(O)c1O. The Morgan fingerprint density at radius 3 is 2.67 bits per heavy atom. The van der Waals surface area contributed by atoms with Crippen molar-refractivity contribution in [3.05, 3.63) is 22.7 Å². The van der Waals surface area contributed by atoms with Crippen molar-refractivity contribution in [2.45, 2.75) is 6.42 Å². The molecule has 0 radical (unpaired) electrons. The predicted molar refractivity (Wildman–Crippen MR) is 44.1 cm³/mol. The lowest BCUT2D eigenvalue weighted by atomic mass is 10.1. The molecule has 1 rings (SSSR count). The van der Waals surface area contributed by atoms with E-state index in [4.69, 9.17) is 22.0 Å². The van der Waals surface area contributed by atoms with Gasteiger partial charge in [0.2, 0.25) is 0 Å². The van der Waals surface area contributed by atoms with E-state index in [1.165, 1.54) is 12.1 Å². The lowest BCUT2D eigenvalue weighted by Gasteiger charge is -2.03. The van der Waals surface area contributed by atoms with Crippen LogP contribution in [0.1, 0.15) is 5.56 Å². The maximum absolute atomic E-state index is 9.22. The number of nitriles is 1. The Morgan fingerprint density at radius 2 is 2.08 bits per heavy atom. The van der Waals surface area contributed by atoms with Crippen LogP contribution in [0.2, 0.25) is 5.02 Å². The lowest BCUT2D eigenvalue weighted by Crippen LogP contribution is -1.84. The minimum Gasteiger partial charge on any atom is -0.504 e. The molecule has 0 aliphatic carbocycles. The molecule has 0 heterocycles. The molecule has 0 amide bonds. The van der Waals surface area contributed by atoms with Crippen LogP contribution in [-0.4, -0.2) is 10.2 Å². The lowest BCUT2D eigenvalue weighted by molar-refractivity contribution is 0.400. The average molecular weight is 184 g/mol. The van der Waals surface area contributed by atoms with Gasteiger partial charge in [-0.1, -0.05) is 11.6 Å².